The van der Waals surface area contributed by atoms with Crippen LogP contribution in [0.25, 0.3) is 10.9 Å². The maximum Gasteiger partial charge on any atom is 0.224 e. The van der Waals surface area contributed by atoms with Crippen molar-refractivity contribution in [3.8, 4) is 0 Å². The summed E-state index contributed by atoms with van der Waals surface area (Å²) >= 11 is 0. The van der Waals surface area contributed by atoms with E-state index in [1.165, 1.54) is 42.1 Å². The summed E-state index contributed by atoms with van der Waals surface area (Å²) in [6.45, 7) is 2.83. The molecule has 0 radical (unpaired) electrons. The highest BCUT2D eigenvalue weighted by Crippen LogP contribution is 2.22. The van der Waals surface area contributed by atoms with E-state index in [2.05, 4.69) is 56.0 Å². The molecule has 0 unspecified atom stereocenters. The number of fused-ring (bicyclic) bond motifs is 1. The van der Waals surface area contributed by atoms with E-state index in [1.807, 2.05) is 13.0 Å². The molecule has 2 aromatic heterocycles. The molecule has 130 valence electrons. The van der Waals surface area contributed by atoms with Gasteiger partial charge in [-0.1, -0.05) is 31.0 Å². The average molecular weight is 335 g/mol. The molecular formula is C20H25N5. The largest absolute Gasteiger partial charge is 0.367 e. The summed E-state index contributed by atoms with van der Waals surface area (Å²) < 4.78 is 0. The third kappa shape index (κ3) is 3.76. The van der Waals surface area contributed by atoms with Gasteiger partial charge in [0.05, 0.1) is 0 Å². The Hall–Kier alpha value is -2.56. The molecule has 5 heteroatoms. The van der Waals surface area contributed by atoms with E-state index in [-0.39, 0.29) is 0 Å². The topological polar surface area (TPSA) is 65.6 Å². The van der Waals surface area contributed by atoms with Crippen LogP contribution in [0.2, 0.25) is 0 Å². The molecule has 25 heavy (non-hydrogen) atoms. The molecule has 4 rings (SSSR count). The van der Waals surface area contributed by atoms with Crippen LogP contribution in [0.3, 0.4) is 0 Å². The zero-order valence-electron chi connectivity index (χ0n) is 14.7. The van der Waals surface area contributed by atoms with Gasteiger partial charge in [0.15, 0.2) is 0 Å². The van der Waals surface area contributed by atoms with Crippen molar-refractivity contribution in [1.29, 1.82) is 0 Å². The number of nitrogens with zero attached hydrogens (tertiary/aromatic N) is 2. The fourth-order valence-corrected chi connectivity index (χ4v) is 3.65. The molecule has 1 aliphatic rings. The molecule has 0 aliphatic heterocycles. The van der Waals surface area contributed by atoms with Crippen LogP contribution in [0.5, 0.6) is 0 Å². The van der Waals surface area contributed by atoms with Gasteiger partial charge in [0.1, 0.15) is 5.82 Å². The van der Waals surface area contributed by atoms with E-state index in [1.54, 1.807) is 0 Å². The molecule has 0 amide bonds. The lowest BCUT2D eigenvalue weighted by molar-refractivity contribution is 0.749. The second-order valence-electron chi connectivity index (χ2n) is 6.88. The van der Waals surface area contributed by atoms with Gasteiger partial charge >= 0.3 is 0 Å². The number of aromatic amines is 1. The van der Waals surface area contributed by atoms with Crippen molar-refractivity contribution in [2.45, 2.75) is 45.1 Å². The van der Waals surface area contributed by atoms with Crippen molar-refractivity contribution in [1.82, 2.24) is 15.0 Å². The van der Waals surface area contributed by atoms with Crippen LogP contribution in [0.1, 0.15) is 36.9 Å². The average Bonchev–Trinajstić information content (AvgIpc) is 3.25. The highest BCUT2D eigenvalue weighted by Gasteiger charge is 2.15. The molecule has 2 heterocycles. The number of H-pyrrole nitrogens is 1. The number of anilines is 2. The first-order valence-corrected chi connectivity index (χ1v) is 9.19. The van der Waals surface area contributed by atoms with Crippen LogP contribution in [0, 0.1) is 6.92 Å². The Morgan fingerprint density at radius 1 is 1.16 bits per heavy atom. The maximum atomic E-state index is 4.64. The molecule has 5 nitrogen and oxygen atoms in total. The van der Waals surface area contributed by atoms with Crippen molar-refractivity contribution in [3.05, 3.63) is 47.8 Å². The minimum atomic E-state index is 0.563. The van der Waals surface area contributed by atoms with Gasteiger partial charge in [-0.2, -0.15) is 4.98 Å². The maximum absolute atomic E-state index is 4.64. The summed E-state index contributed by atoms with van der Waals surface area (Å²) in [6.07, 6.45) is 8.15. The minimum absolute atomic E-state index is 0.563. The smallest absolute Gasteiger partial charge is 0.224 e. The first-order valence-electron chi connectivity index (χ1n) is 9.19. The summed E-state index contributed by atoms with van der Waals surface area (Å²) in [5.74, 6) is 1.65. The molecule has 1 saturated carbocycles. The fourth-order valence-electron chi connectivity index (χ4n) is 3.65. The molecule has 0 atom stereocenters. The summed E-state index contributed by atoms with van der Waals surface area (Å²) in [6, 6.07) is 11.0. The van der Waals surface area contributed by atoms with Crippen LogP contribution >= 0.6 is 0 Å². The van der Waals surface area contributed by atoms with Gasteiger partial charge in [0, 0.05) is 41.4 Å². The zero-order valence-corrected chi connectivity index (χ0v) is 14.7. The summed E-state index contributed by atoms with van der Waals surface area (Å²) in [7, 11) is 0. The Bertz CT molecular complexity index is 848. The highest BCUT2D eigenvalue weighted by molar-refractivity contribution is 5.83. The van der Waals surface area contributed by atoms with Crippen LogP contribution in [0.15, 0.2) is 36.5 Å². The molecule has 1 fully saturated rings. The lowest BCUT2D eigenvalue weighted by atomic mass is 10.1. The van der Waals surface area contributed by atoms with E-state index in [0.29, 0.717) is 12.0 Å². The van der Waals surface area contributed by atoms with Gasteiger partial charge in [-0.25, -0.2) is 4.98 Å². The SMILES string of the molecule is Cc1cc(NC2CCCC2)nc(NCCc2c[nH]c3ccccc23)n1. The third-order valence-corrected chi connectivity index (χ3v) is 4.91. The fraction of sp³-hybridized carbons (Fsp3) is 0.400. The van der Waals surface area contributed by atoms with Crippen LogP contribution in [0.4, 0.5) is 11.8 Å². The van der Waals surface area contributed by atoms with E-state index < -0.39 is 0 Å². The van der Waals surface area contributed by atoms with Crippen molar-refractivity contribution in [2.24, 2.45) is 0 Å². The van der Waals surface area contributed by atoms with Crippen molar-refractivity contribution < 1.29 is 0 Å². The summed E-state index contributed by atoms with van der Waals surface area (Å²) in [4.78, 5) is 12.5. The Morgan fingerprint density at radius 3 is 2.88 bits per heavy atom. The second kappa shape index (κ2) is 7.13. The molecule has 0 saturated heterocycles. The standard InChI is InChI=1S/C20H25N5/c1-14-12-19(24-16-6-2-3-7-16)25-20(23-14)21-11-10-15-13-22-18-9-5-4-8-17(15)18/h4-5,8-9,12-13,16,22H,2-3,6-7,10-11H2,1H3,(H2,21,23,24,25). The molecule has 3 aromatic rings. The molecule has 0 spiro atoms. The van der Waals surface area contributed by atoms with E-state index in [9.17, 15) is 0 Å². The molecule has 1 aromatic carbocycles. The van der Waals surface area contributed by atoms with Crippen molar-refractivity contribution in [3.63, 3.8) is 0 Å². The van der Waals surface area contributed by atoms with Gasteiger partial charge in [0.25, 0.3) is 0 Å². The monoisotopic (exact) mass is 335 g/mol. The molecule has 1 aliphatic carbocycles. The number of para-hydroxylation sites is 1. The lowest BCUT2D eigenvalue weighted by Crippen LogP contribution is -2.17. The predicted octanol–water partition coefficient (Wildman–Crippen LogP) is 4.28. The molecule has 0 bridgehead atoms. The number of hydrogen-bond donors (Lipinski definition) is 3. The number of benzene rings is 1. The van der Waals surface area contributed by atoms with Crippen LogP contribution in [-0.2, 0) is 6.42 Å². The van der Waals surface area contributed by atoms with Gasteiger partial charge < -0.3 is 15.6 Å². The minimum Gasteiger partial charge on any atom is -0.367 e. The van der Waals surface area contributed by atoms with Gasteiger partial charge in [-0.05, 0) is 37.8 Å². The zero-order chi connectivity index (χ0) is 17.1. The second-order valence-corrected chi connectivity index (χ2v) is 6.88. The van der Waals surface area contributed by atoms with Gasteiger partial charge in [-0.3, -0.25) is 0 Å². The first kappa shape index (κ1) is 15.9. The van der Waals surface area contributed by atoms with Gasteiger partial charge in [0.2, 0.25) is 5.95 Å². The predicted molar refractivity (Wildman–Crippen MR) is 103 cm³/mol. The molecular weight excluding hydrogens is 310 g/mol. The Morgan fingerprint density at radius 2 is 2.00 bits per heavy atom. The quantitative estimate of drug-likeness (QED) is 0.629. The third-order valence-electron chi connectivity index (χ3n) is 4.91. The van der Waals surface area contributed by atoms with E-state index in [0.717, 1.165) is 24.5 Å². The number of aryl methyl sites for hydroxylation is 1. The van der Waals surface area contributed by atoms with Gasteiger partial charge in [-0.15, -0.1) is 0 Å². The number of nitrogens with one attached hydrogen (secondary N) is 3. The Labute approximate surface area is 148 Å². The summed E-state index contributed by atoms with van der Waals surface area (Å²) in [5, 5.41) is 8.22. The van der Waals surface area contributed by atoms with Crippen LogP contribution < -0.4 is 10.6 Å². The number of hydrogen-bond acceptors (Lipinski definition) is 4. The van der Waals surface area contributed by atoms with E-state index in [4.69, 9.17) is 0 Å². The number of rotatable bonds is 6. The highest BCUT2D eigenvalue weighted by atomic mass is 15.1. The Kier molecular flexibility index (Phi) is 4.55. The molecule has 3 N–H and O–H groups in total. The number of aromatic nitrogens is 3. The van der Waals surface area contributed by atoms with E-state index >= 15 is 0 Å². The lowest BCUT2D eigenvalue weighted by Gasteiger charge is -2.14. The Balaban J connectivity index is 1.39. The van der Waals surface area contributed by atoms with Crippen molar-refractivity contribution in [2.75, 3.05) is 17.2 Å². The van der Waals surface area contributed by atoms with Crippen LogP contribution in [-0.4, -0.2) is 27.5 Å². The first-order chi connectivity index (χ1) is 12.3. The normalized spacial score (nSPS) is 14.9. The van der Waals surface area contributed by atoms with Crippen molar-refractivity contribution >= 4 is 22.7 Å². The summed E-state index contributed by atoms with van der Waals surface area (Å²) in [5.41, 5.74) is 3.50.